The molecule has 0 aliphatic heterocycles. The Hall–Kier alpha value is -6.12. The first-order valence-corrected chi connectivity index (χ1v) is 18.9. The van der Waals surface area contributed by atoms with Crippen molar-refractivity contribution in [2.24, 2.45) is 11.8 Å². The van der Waals surface area contributed by atoms with Crippen LogP contribution in [0.2, 0.25) is 0 Å². The zero-order valence-corrected chi connectivity index (χ0v) is 34.1. The van der Waals surface area contributed by atoms with E-state index >= 15 is 0 Å². The Balaban J connectivity index is 3.20. The number of aliphatic hydroxyl groups excluding tert-OH is 1. The lowest BCUT2D eigenvalue weighted by Gasteiger charge is -2.28. The van der Waals surface area contributed by atoms with E-state index in [1.54, 1.807) is 58.0 Å². The van der Waals surface area contributed by atoms with E-state index in [2.05, 4.69) is 37.2 Å². The van der Waals surface area contributed by atoms with Gasteiger partial charge in [0, 0.05) is 13.3 Å². The molecule has 8 atom stereocenters. The Morgan fingerprint density at radius 1 is 0.508 bits per heavy atom. The minimum absolute atomic E-state index is 0.00703. The molecule has 59 heavy (non-hydrogen) atoms. The van der Waals surface area contributed by atoms with Gasteiger partial charge in [0.1, 0.15) is 42.3 Å². The van der Waals surface area contributed by atoms with Crippen LogP contribution in [-0.4, -0.2) is 128 Å². The molecule has 0 heterocycles. The maximum absolute atomic E-state index is 13.6. The van der Waals surface area contributed by atoms with Crippen LogP contribution in [0.15, 0.2) is 30.3 Å². The zero-order chi connectivity index (χ0) is 45.1. The SMILES string of the molecule is CC(=O)N[C@@H](Cc1ccccc1)C(=O)N[C@H](C(=O)N[C@@H](CC(C)C)C(=O)N[C@@H](CC(=O)O)C(=O)N[C@@H](C)C(=O)N[C@@H](CC(=O)O)C(=O)N[C@@H](CC(C)C)C(=O)O)[C@@H](C)O. The second kappa shape index (κ2) is 24.6. The number of aliphatic carboxylic acids is 3. The molecule has 0 saturated heterocycles. The molecular weight excluding hydrogens is 778 g/mol. The average Bonchev–Trinajstić information content (AvgIpc) is 3.11. The molecular formula is C38H57N7O14. The van der Waals surface area contributed by atoms with Gasteiger partial charge in [-0.05, 0) is 44.1 Å². The summed E-state index contributed by atoms with van der Waals surface area (Å²) in [6.07, 6.45) is -3.54. The Kier molecular flexibility index (Phi) is 21.2. The lowest BCUT2D eigenvalue weighted by atomic mass is 10.0. The van der Waals surface area contributed by atoms with Crippen LogP contribution in [0.5, 0.6) is 0 Å². The van der Waals surface area contributed by atoms with Crippen molar-refractivity contribution in [3.05, 3.63) is 35.9 Å². The Labute approximate surface area is 341 Å². The summed E-state index contributed by atoms with van der Waals surface area (Å²) in [5.41, 5.74) is 0.682. The van der Waals surface area contributed by atoms with Gasteiger partial charge in [0.15, 0.2) is 0 Å². The molecule has 0 aromatic heterocycles. The molecule has 1 rings (SSSR count). The first-order valence-electron chi connectivity index (χ1n) is 18.9. The van der Waals surface area contributed by atoms with Crippen molar-refractivity contribution in [1.82, 2.24) is 37.2 Å². The highest BCUT2D eigenvalue weighted by Gasteiger charge is 2.35. The minimum Gasteiger partial charge on any atom is -0.481 e. The highest BCUT2D eigenvalue weighted by Crippen LogP contribution is 2.10. The van der Waals surface area contributed by atoms with Crippen molar-refractivity contribution in [1.29, 1.82) is 0 Å². The van der Waals surface area contributed by atoms with E-state index in [1.165, 1.54) is 13.8 Å². The Bertz CT molecular complexity index is 1670. The maximum atomic E-state index is 13.6. The van der Waals surface area contributed by atoms with Gasteiger partial charge in [-0.25, -0.2) is 4.79 Å². The molecule has 0 aliphatic rings. The molecule has 0 bridgehead atoms. The quantitative estimate of drug-likeness (QED) is 0.0517. The summed E-state index contributed by atoms with van der Waals surface area (Å²) in [5, 5.41) is 54.9. The molecule has 21 nitrogen and oxygen atoms in total. The first-order chi connectivity index (χ1) is 27.4. The highest BCUT2D eigenvalue weighted by molar-refractivity contribution is 5.98. The molecule has 0 fully saturated rings. The summed E-state index contributed by atoms with van der Waals surface area (Å²) in [6.45, 7) is 10.3. The van der Waals surface area contributed by atoms with Gasteiger partial charge in [-0.15, -0.1) is 0 Å². The van der Waals surface area contributed by atoms with Crippen LogP contribution < -0.4 is 37.2 Å². The van der Waals surface area contributed by atoms with E-state index in [0.29, 0.717) is 5.56 Å². The molecule has 7 amide bonds. The molecule has 1 aromatic carbocycles. The number of carboxylic acid groups (broad SMARTS) is 3. The van der Waals surface area contributed by atoms with Gasteiger partial charge in [0.05, 0.1) is 18.9 Å². The van der Waals surface area contributed by atoms with Crippen LogP contribution in [0.4, 0.5) is 0 Å². The van der Waals surface area contributed by atoms with Gasteiger partial charge in [0.25, 0.3) is 0 Å². The third-order valence-electron chi connectivity index (χ3n) is 8.48. The number of amides is 7. The molecule has 11 N–H and O–H groups in total. The number of hydrogen-bond donors (Lipinski definition) is 11. The molecule has 0 saturated carbocycles. The van der Waals surface area contributed by atoms with E-state index in [-0.39, 0.29) is 31.1 Å². The third kappa shape index (κ3) is 19.3. The van der Waals surface area contributed by atoms with E-state index in [0.717, 1.165) is 6.92 Å². The van der Waals surface area contributed by atoms with Crippen LogP contribution in [0.25, 0.3) is 0 Å². The summed E-state index contributed by atoms with van der Waals surface area (Å²) < 4.78 is 0. The predicted octanol–water partition coefficient (Wildman–Crippen LogP) is -1.83. The van der Waals surface area contributed by atoms with E-state index < -0.39 is 120 Å². The number of nitrogens with one attached hydrogen (secondary N) is 7. The van der Waals surface area contributed by atoms with Crippen LogP contribution in [0.1, 0.15) is 79.7 Å². The van der Waals surface area contributed by atoms with E-state index in [4.69, 9.17) is 0 Å². The van der Waals surface area contributed by atoms with Crippen molar-refractivity contribution in [3.63, 3.8) is 0 Å². The third-order valence-corrected chi connectivity index (χ3v) is 8.48. The lowest BCUT2D eigenvalue weighted by molar-refractivity contribution is -0.144. The van der Waals surface area contributed by atoms with Gasteiger partial charge in [-0.3, -0.25) is 43.2 Å². The molecule has 0 radical (unpaired) electrons. The van der Waals surface area contributed by atoms with Crippen LogP contribution in [-0.2, 0) is 54.4 Å². The number of carboxylic acids is 3. The topological polar surface area (TPSA) is 336 Å². The molecule has 328 valence electrons. The second-order valence-corrected chi connectivity index (χ2v) is 14.9. The Morgan fingerprint density at radius 3 is 1.39 bits per heavy atom. The first kappa shape index (κ1) is 50.9. The Morgan fingerprint density at radius 2 is 0.932 bits per heavy atom. The van der Waals surface area contributed by atoms with Crippen molar-refractivity contribution in [3.8, 4) is 0 Å². The van der Waals surface area contributed by atoms with Crippen molar-refractivity contribution in [2.75, 3.05) is 0 Å². The molecule has 0 spiro atoms. The molecule has 0 aliphatic carbocycles. The summed E-state index contributed by atoms with van der Waals surface area (Å²) in [5.74, 6) is -11.8. The molecule has 0 unspecified atom stereocenters. The summed E-state index contributed by atoms with van der Waals surface area (Å²) >= 11 is 0. The number of aliphatic hydroxyl groups is 1. The molecule has 21 heteroatoms. The van der Waals surface area contributed by atoms with Gasteiger partial charge < -0.3 is 57.6 Å². The number of carbonyl (C=O) groups is 10. The number of carbonyl (C=O) groups excluding carboxylic acids is 7. The van der Waals surface area contributed by atoms with Gasteiger partial charge in [-0.1, -0.05) is 58.0 Å². The van der Waals surface area contributed by atoms with Crippen molar-refractivity contribution >= 4 is 59.3 Å². The number of rotatable bonds is 25. The number of benzene rings is 1. The fourth-order valence-electron chi connectivity index (χ4n) is 5.61. The summed E-state index contributed by atoms with van der Waals surface area (Å²) in [6, 6.07) is -2.20. The largest absolute Gasteiger partial charge is 0.481 e. The van der Waals surface area contributed by atoms with Crippen molar-refractivity contribution < 1.29 is 68.4 Å². The van der Waals surface area contributed by atoms with Gasteiger partial charge in [-0.2, -0.15) is 0 Å². The highest BCUT2D eigenvalue weighted by atomic mass is 16.4. The van der Waals surface area contributed by atoms with E-state index in [1.807, 2.05) is 0 Å². The average molecular weight is 836 g/mol. The van der Waals surface area contributed by atoms with Crippen LogP contribution in [0.3, 0.4) is 0 Å². The second-order valence-electron chi connectivity index (χ2n) is 14.9. The standard InChI is InChI=1S/C38H57N7O14/c1-18(2)13-24(43-37(57)31(21(6)46)45-36(56)25(40-22(7)47)15-23-11-9-8-10-12-23)34(54)42-26(16-29(48)49)33(53)39-20(5)32(52)41-27(17-30(50)51)35(55)44-28(38(58)59)14-19(3)4/h8-12,18-21,24-28,31,46H,13-17H2,1-7H3,(H,39,53)(H,40,47)(H,41,52)(H,42,54)(H,43,57)(H,44,55)(H,45,56)(H,48,49)(H,50,51)(H,58,59)/t20-,21+,24-,25-,26-,27-,28-,31-/m0/s1. The zero-order valence-electron chi connectivity index (χ0n) is 34.1. The monoisotopic (exact) mass is 835 g/mol. The fourth-order valence-corrected chi connectivity index (χ4v) is 5.61. The minimum atomic E-state index is -1.85. The summed E-state index contributed by atoms with van der Waals surface area (Å²) in [4.78, 5) is 126. The van der Waals surface area contributed by atoms with Gasteiger partial charge >= 0.3 is 17.9 Å². The molecule has 1 aromatic rings. The van der Waals surface area contributed by atoms with Crippen LogP contribution >= 0.6 is 0 Å². The number of hydrogen-bond acceptors (Lipinski definition) is 11. The normalized spacial score (nSPS) is 15.1. The van der Waals surface area contributed by atoms with Crippen molar-refractivity contribution in [2.45, 2.75) is 129 Å². The predicted molar refractivity (Wildman–Crippen MR) is 208 cm³/mol. The smallest absolute Gasteiger partial charge is 0.326 e. The van der Waals surface area contributed by atoms with Gasteiger partial charge in [0.2, 0.25) is 41.4 Å². The fraction of sp³-hybridized carbons (Fsp3) is 0.579. The lowest BCUT2D eigenvalue weighted by Crippen LogP contribution is -2.61. The van der Waals surface area contributed by atoms with E-state index in [9.17, 15) is 68.4 Å². The maximum Gasteiger partial charge on any atom is 0.326 e. The van der Waals surface area contributed by atoms with Crippen LogP contribution in [0, 0.1) is 11.8 Å². The summed E-state index contributed by atoms with van der Waals surface area (Å²) in [7, 11) is 0.